The second kappa shape index (κ2) is 10.4. The first-order chi connectivity index (χ1) is 16.3. The molecule has 2 amide bonds. The van der Waals surface area contributed by atoms with Gasteiger partial charge in [0.1, 0.15) is 0 Å². The summed E-state index contributed by atoms with van der Waals surface area (Å²) in [5.41, 5.74) is 1.91. The minimum Gasteiger partial charge on any atom is -0.371 e. The Hall–Kier alpha value is -3.13. The van der Waals surface area contributed by atoms with Gasteiger partial charge in [-0.05, 0) is 62.3 Å². The number of benzene rings is 2. The summed E-state index contributed by atoms with van der Waals surface area (Å²) in [4.78, 5) is 40.9. The van der Waals surface area contributed by atoms with Crippen molar-refractivity contribution in [2.45, 2.75) is 39.0 Å². The molecule has 34 heavy (non-hydrogen) atoms. The molecule has 180 valence electrons. The van der Waals surface area contributed by atoms with Crippen molar-refractivity contribution < 1.29 is 14.5 Å². The molecule has 2 saturated heterocycles. The molecule has 8 nitrogen and oxygen atoms in total. The molecule has 1 N–H and O–H groups in total. The zero-order chi connectivity index (χ0) is 24.2. The molecular weight excluding hydrogens is 456 g/mol. The van der Waals surface area contributed by atoms with Crippen LogP contribution >= 0.6 is 11.6 Å². The molecular formula is C25H29ClN4O4. The predicted octanol–water partition coefficient (Wildman–Crippen LogP) is 5.36. The quantitative estimate of drug-likeness (QED) is 0.455. The number of piperidine rings is 2. The number of hydrogen-bond donors (Lipinski definition) is 1. The van der Waals surface area contributed by atoms with E-state index in [0.717, 1.165) is 63.6 Å². The normalized spacial score (nSPS) is 16.9. The number of non-ortho nitro benzene ring substituents is 1. The van der Waals surface area contributed by atoms with Gasteiger partial charge >= 0.3 is 0 Å². The van der Waals surface area contributed by atoms with Gasteiger partial charge in [-0.3, -0.25) is 19.7 Å². The number of halogens is 1. The van der Waals surface area contributed by atoms with E-state index in [0.29, 0.717) is 17.2 Å². The number of rotatable bonds is 5. The molecule has 0 spiro atoms. The van der Waals surface area contributed by atoms with E-state index in [2.05, 4.69) is 17.1 Å². The highest BCUT2D eigenvalue weighted by Crippen LogP contribution is 2.30. The summed E-state index contributed by atoms with van der Waals surface area (Å²) in [6, 6.07) is 9.16. The lowest BCUT2D eigenvalue weighted by molar-refractivity contribution is -0.384. The van der Waals surface area contributed by atoms with Crippen LogP contribution in [-0.4, -0.2) is 47.8 Å². The van der Waals surface area contributed by atoms with E-state index in [1.54, 1.807) is 12.1 Å². The zero-order valence-electron chi connectivity index (χ0n) is 19.3. The fourth-order valence-corrected chi connectivity index (χ4v) is 4.84. The first kappa shape index (κ1) is 24.0. The average molecular weight is 485 g/mol. The Labute approximate surface area is 204 Å². The van der Waals surface area contributed by atoms with E-state index in [9.17, 15) is 19.7 Å². The van der Waals surface area contributed by atoms with Crippen molar-refractivity contribution in [3.63, 3.8) is 0 Å². The fraction of sp³-hybridized carbons (Fsp3) is 0.440. The van der Waals surface area contributed by atoms with Crippen molar-refractivity contribution in [1.82, 2.24) is 4.90 Å². The lowest BCUT2D eigenvalue weighted by Crippen LogP contribution is -2.39. The largest absolute Gasteiger partial charge is 0.371 e. The summed E-state index contributed by atoms with van der Waals surface area (Å²) in [6.45, 7) is 5.48. The van der Waals surface area contributed by atoms with E-state index in [4.69, 9.17) is 11.6 Å². The fourth-order valence-electron chi connectivity index (χ4n) is 4.58. The molecule has 0 atom stereocenters. The van der Waals surface area contributed by atoms with Gasteiger partial charge in [0.2, 0.25) is 0 Å². The average Bonchev–Trinajstić information content (AvgIpc) is 2.84. The number of carbonyl (C=O) groups excluding carboxylic acids is 2. The SMILES string of the molecule is CC1CCN(C(=O)c2cc(NC(=O)c3ccc([N+](=O)[O-])cc3Cl)ccc2N2CCCCC2)CC1. The lowest BCUT2D eigenvalue weighted by Gasteiger charge is -2.34. The molecule has 2 aliphatic rings. The maximum absolute atomic E-state index is 13.5. The molecule has 0 saturated carbocycles. The van der Waals surface area contributed by atoms with E-state index in [-0.39, 0.29) is 22.2 Å². The number of amides is 2. The molecule has 0 bridgehead atoms. The van der Waals surface area contributed by atoms with Crippen LogP contribution in [-0.2, 0) is 0 Å². The Kier molecular flexibility index (Phi) is 7.36. The Morgan fingerprint density at radius 1 is 1.00 bits per heavy atom. The Morgan fingerprint density at radius 2 is 1.71 bits per heavy atom. The Balaban J connectivity index is 1.60. The summed E-state index contributed by atoms with van der Waals surface area (Å²) in [6.07, 6.45) is 5.34. The van der Waals surface area contributed by atoms with Crippen molar-refractivity contribution in [1.29, 1.82) is 0 Å². The highest BCUT2D eigenvalue weighted by molar-refractivity contribution is 6.34. The maximum Gasteiger partial charge on any atom is 0.270 e. The third-order valence-electron chi connectivity index (χ3n) is 6.66. The molecule has 4 rings (SSSR count). The molecule has 2 aromatic rings. The number of anilines is 2. The van der Waals surface area contributed by atoms with E-state index >= 15 is 0 Å². The second-order valence-electron chi connectivity index (χ2n) is 9.13. The van der Waals surface area contributed by atoms with Crippen LogP contribution in [0.1, 0.15) is 59.7 Å². The van der Waals surface area contributed by atoms with Crippen molar-refractivity contribution in [3.8, 4) is 0 Å². The van der Waals surface area contributed by atoms with Crippen molar-refractivity contribution in [2.75, 3.05) is 36.4 Å². The summed E-state index contributed by atoms with van der Waals surface area (Å²) >= 11 is 6.12. The van der Waals surface area contributed by atoms with Gasteiger partial charge in [0, 0.05) is 49.7 Å². The maximum atomic E-state index is 13.5. The topological polar surface area (TPSA) is 95.8 Å². The van der Waals surface area contributed by atoms with Crippen LogP contribution < -0.4 is 10.2 Å². The standard InChI is InChI=1S/C25H29ClN4O4/c1-17-9-13-29(14-10-17)25(32)21-15-18(5-8-23(21)28-11-3-2-4-12-28)27-24(31)20-7-6-19(30(33)34)16-22(20)26/h5-8,15-17H,2-4,9-14H2,1H3,(H,27,31). The van der Waals surface area contributed by atoms with E-state index < -0.39 is 10.8 Å². The van der Waals surface area contributed by atoms with Gasteiger partial charge in [0.05, 0.1) is 21.1 Å². The van der Waals surface area contributed by atoms with Gasteiger partial charge in [0.25, 0.3) is 17.5 Å². The lowest BCUT2D eigenvalue weighted by atomic mass is 9.98. The summed E-state index contributed by atoms with van der Waals surface area (Å²) < 4.78 is 0. The number of nitrogens with one attached hydrogen (secondary N) is 1. The van der Waals surface area contributed by atoms with Gasteiger partial charge in [-0.25, -0.2) is 0 Å². The molecule has 9 heteroatoms. The predicted molar refractivity (Wildman–Crippen MR) is 133 cm³/mol. The molecule has 2 fully saturated rings. The molecule has 2 aromatic carbocycles. The van der Waals surface area contributed by atoms with Gasteiger partial charge in [-0.1, -0.05) is 18.5 Å². The van der Waals surface area contributed by atoms with Crippen LogP contribution in [0.15, 0.2) is 36.4 Å². The minimum atomic E-state index is -0.563. The number of nitro groups is 1. The smallest absolute Gasteiger partial charge is 0.270 e. The summed E-state index contributed by atoms with van der Waals surface area (Å²) in [7, 11) is 0. The van der Waals surface area contributed by atoms with Gasteiger partial charge in [-0.2, -0.15) is 0 Å². The molecule has 0 unspecified atom stereocenters. The Bertz CT molecular complexity index is 1090. The Morgan fingerprint density at radius 3 is 2.35 bits per heavy atom. The van der Waals surface area contributed by atoms with Crippen LogP contribution in [0, 0.1) is 16.0 Å². The second-order valence-corrected chi connectivity index (χ2v) is 9.54. The van der Waals surface area contributed by atoms with Gasteiger partial charge in [0.15, 0.2) is 0 Å². The molecule has 0 radical (unpaired) electrons. The first-order valence-corrected chi connectivity index (χ1v) is 12.1. The van der Waals surface area contributed by atoms with Gasteiger partial charge < -0.3 is 15.1 Å². The van der Waals surface area contributed by atoms with Crippen molar-refractivity contribution in [3.05, 3.63) is 62.7 Å². The van der Waals surface area contributed by atoms with E-state index in [1.165, 1.54) is 18.6 Å². The van der Waals surface area contributed by atoms with E-state index in [1.807, 2.05) is 11.0 Å². The number of likely N-dealkylation sites (tertiary alicyclic amines) is 1. The van der Waals surface area contributed by atoms with Crippen LogP contribution in [0.5, 0.6) is 0 Å². The minimum absolute atomic E-state index is 0.00428. The molecule has 2 heterocycles. The first-order valence-electron chi connectivity index (χ1n) is 11.8. The zero-order valence-corrected chi connectivity index (χ0v) is 20.0. The third-order valence-corrected chi connectivity index (χ3v) is 6.97. The van der Waals surface area contributed by atoms with Gasteiger partial charge in [-0.15, -0.1) is 0 Å². The third kappa shape index (κ3) is 5.33. The molecule has 2 aliphatic heterocycles. The monoisotopic (exact) mass is 484 g/mol. The van der Waals surface area contributed by atoms with Crippen molar-refractivity contribution in [2.24, 2.45) is 5.92 Å². The van der Waals surface area contributed by atoms with Crippen LogP contribution in [0.25, 0.3) is 0 Å². The number of nitro benzene ring substituents is 1. The molecule has 0 aromatic heterocycles. The number of carbonyl (C=O) groups is 2. The number of nitrogens with zero attached hydrogens (tertiary/aromatic N) is 3. The molecule has 0 aliphatic carbocycles. The number of hydrogen-bond acceptors (Lipinski definition) is 5. The van der Waals surface area contributed by atoms with Crippen LogP contribution in [0.3, 0.4) is 0 Å². The summed E-state index contributed by atoms with van der Waals surface area (Å²) in [5.74, 6) is 0.107. The van der Waals surface area contributed by atoms with Crippen molar-refractivity contribution >= 4 is 40.5 Å². The summed E-state index contributed by atoms with van der Waals surface area (Å²) in [5, 5.41) is 13.7. The highest BCUT2D eigenvalue weighted by atomic mass is 35.5. The van der Waals surface area contributed by atoms with Crippen LogP contribution in [0.4, 0.5) is 17.1 Å². The van der Waals surface area contributed by atoms with Crippen LogP contribution in [0.2, 0.25) is 5.02 Å². The highest BCUT2D eigenvalue weighted by Gasteiger charge is 2.26.